The van der Waals surface area contributed by atoms with Gasteiger partial charge in [0.25, 0.3) is 0 Å². The Morgan fingerprint density at radius 1 is 1.65 bits per heavy atom. The van der Waals surface area contributed by atoms with E-state index in [4.69, 9.17) is 0 Å². The fourth-order valence-corrected chi connectivity index (χ4v) is 2.41. The summed E-state index contributed by atoms with van der Waals surface area (Å²) in [5, 5.41) is 9.96. The highest BCUT2D eigenvalue weighted by Gasteiger charge is 2.36. The second kappa shape index (κ2) is 4.87. The van der Waals surface area contributed by atoms with E-state index in [1.807, 2.05) is 20.2 Å². The molecule has 0 spiro atoms. The smallest absolute Gasteiger partial charge is 0.229 e. The number of aromatic nitrogens is 2. The number of carbonyl (C=O) groups is 1. The minimum Gasteiger partial charge on any atom is -0.341 e. The monoisotopic (exact) mass is 236 g/mol. The molecule has 0 bridgehead atoms. The van der Waals surface area contributed by atoms with E-state index in [0.29, 0.717) is 6.54 Å². The van der Waals surface area contributed by atoms with Crippen LogP contribution in [0.1, 0.15) is 25.3 Å². The zero-order valence-corrected chi connectivity index (χ0v) is 10.5. The first-order valence-electron chi connectivity index (χ1n) is 6.06. The van der Waals surface area contributed by atoms with Gasteiger partial charge in [0.15, 0.2) is 0 Å². The van der Waals surface area contributed by atoms with E-state index < -0.39 is 0 Å². The van der Waals surface area contributed by atoms with Gasteiger partial charge in [0.2, 0.25) is 5.91 Å². The summed E-state index contributed by atoms with van der Waals surface area (Å²) in [6.45, 7) is 4.47. The Morgan fingerprint density at radius 2 is 2.47 bits per heavy atom. The molecule has 1 amide bonds. The highest BCUT2D eigenvalue weighted by molar-refractivity contribution is 5.82. The first kappa shape index (κ1) is 12.1. The Balaban J connectivity index is 1.98. The molecule has 2 N–H and O–H groups in total. The van der Waals surface area contributed by atoms with Crippen LogP contribution in [0.4, 0.5) is 0 Å². The van der Waals surface area contributed by atoms with Gasteiger partial charge in [-0.15, -0.1) is 0 Å². The minimum atomic E-state index is -0.253. The topological polar surface area (TPSA) is 61.0 Å². The van der Waals surface area contributed by atoms with Crippen molar-refractivity contribution in [2.75, 3.05) is 20.1 Å². The molecule has 2 rings (SSSR count). The third-order valence-electron chi connectivity index (χ3n) is 3.43. The maximum Gasteiger partial charge on any atom is 0.229 e. The fraction of sp³-hybridized carbons (Fsp3) is 0.667. The number of nitrogens with one attached hydrogen (secondary N) is 2. The Morgan fingerprint density at radius 3 is 3.06 bits per heavy atom. The van der Waals surface area contributed by atoms with E-state index in [-0.39, 0.29) is 11.3 Å². The maximum absolute atomic E-state index is 12.4. The average molecular weight is 236 g/mol. The summed E-state index contributed by atoms with van der Waals surface area (Å²) in [6, 6.07) is 0. The van der Waals surface area contributed by atoms with Crippen LogP contribution in [0, 0.1) is 5.41 Å². The molecule has 1 aliphatic heterocycles. The van der Waals surface area contributed by atoms with Crippen LogP contribution < -0.4 is 5.32 Å². The van der Waals surface area contributed by atoms with Crippen molar-refractivity contribution in [1.82, 2.24) is 20.4 Å². The molecule has 1 aromatic heterocycles. The van der Waals surface area contributed by atoms with E-state index in [9.17, 15) is 4.79 Å². The molecular weight excluding hydrogens is 216 g/mol. The summed E-state index contributed by atoms with van der Waals surface area (Å²) in [4.78, 5) is 14.2. The van der Waals surface area contributed by atoms with Gasteiger partial charge < -0.3 is 10.2 Å². The van der Waals surface area contributed by atoms with Gasteiger partial charge in [0, 0.05) is 31.9 Å². The molecule has 5 heteroatoms. The van der Waals surface area contributed by atoms with Crippen LogP contribution >= 0.6 is 0 Å². The van der Waals surface area contributed by atoms with Crippen LogP contribution in [0.25, 0.3) is 0 Å². The van der Waals surface area contributed by atoms with Crippen LogP contribution in [0.15, 0.2) is 12.4 Å². The van der Waals surface area contributed by atoms with Crippen molar-refractivity contribution in [2.45, 2.75) is 26.3 Å². The van der Waals surface area contributed by atoms with E-state index in [1.165, 1.54) is 0 Å². The number of aromatic amines is 1. The van der Waals surface area contributed by atoms with E-state index in [2.05, 4.69) is 15.5 Å². The summed E-state index contributed by atoms with van der Waals surface area (Å²) in [7, 11) is 1.86. The van der Waals surface area contributed by atoms with Crippen LogP contribution in [-0.2, 0) is 11.3 Å². The van der Waals surface area contributed by atoms with Gasteiger partial charge in [0.1, 0.15) is 0 Å². The minimum absolute atomic E-state index is 0.214. The van der Waals surface area contributed by atoms with E-state index in [0.717, 1.165) is 31.5 Å². The van der Waals surface area contributed by atoms with E-state index >= 15 is 0 Å². The second-order valence-corrected chi connectivity index (χ2v) is 5.11. The molecule has 0 saturated carbocycles. The molecule has 0 aromatic carbocycles. The number of carbonyl (C=O) groups excluding carboxylic acids is 1. The Hall–Kier alpha value is -1.36. The van der Waals surface area contributed by atoms with Crippen molar-refractivity contribution in [2.24, 2.45) is 5.41 Å². The summed E-state index contributed by atoms with van der Waals surface area (Å²) < 4.78 is 0. The highest BCUT2D eigenvalue weighted by Crippen LogP contribution is 2.27. The summed E-state index contributed by atoms with van der Waals surface area (Å²) in [6.07, 6.45) is 5.62. The Labute approximate surface area is 102 Å². The van der Waals surface area contributed by atoms with Gasteiger partial charge in [-0.1, -0.05) is 0 Å². The standard InChI is InChI=1S/C12H20N4O/c1-12(4-3-5-13-9-12)11(17)16(2)8-10-6-14-15-7-10/h6-7,13H,3-5,8-9H2,1-2H3,(H,14,15). The SMILES string of the molecule is CN(Cc1cn[nH]c1)C(=O)C1(C)CCCNC1. The van der Waals surface area contributed by atoms with Gasteiger partial charge in [-0.2, -0.15) is 5.10 Å². The molecular formula is C12H20N4O. The number of piperidine rings is 1. The Bertz CT molecular complexity index is 368. The largest absolute Gasteiger partial charge is 0.341 e. The van der Waals surface area contributed by atoms with Crippen LogP contribution in [0.3, 0.4) is 0 Å². The van der Waals surface area contributed by atoms with Crippen LogP contribution in [0.5, 0.6) is 0 Å². The lowest BCUT2D eigenvalue weighted by Crippen LogP contribution is -2.48. The van der Waals surface area contributed by atoms with Crippen molar-refractivity contribution in [3.8, 4) is 0 Å². The number of amides is 1. The van der Waals surface area contributed by atoms with Crippen molar-refractivity contribution in [1.29, 1.82) is 0 Å². The lowest BCUT2D eigenvalue weighted by Gasteiger charge is -2.35. The summed E-state index contributed by atoms with van der Waals surface area (Å²) in [5.41, 5.74) is 0.782. The molecule has 1 unspecified atom stereocenters. The Kier molecular flexibility index (Phi) is 3.47. The van der Waals surface area contributed by atoms with Crippen LogP contribution in [-0.4, -0.2) is 41.1 Å². The van der Waals surface area contributed by atoms with Gasteiger partial charge in [-0.3, -0.25) is 9.89 Å². The van der Waals surface area contributed by atoms with Gasteiger partial charge in [-0.05, 0) is 26.3 Å². The first-order chi connectivity index (χ1) is 8.12. The van der Waals surface area contributed by atoms with Crippen LogP contribution in [0.2, 0.25) is 0 Å². The highest BCUT2D eigenvalue weighted by atomic mass is 16.2. The first-order valence-corrected chi connectivity index (χ1v) is 6.06. The lowest BCUT2D eigenvalue weighted by atomic mass is 9.81. The molecule has 1 fully saturated rings. The molecule has 5 nitrogen and oxygen atoms in total. The molecule has 17 heavy (non-hydrogen) atoms. The third-order valence-corrected chi connectivity index (χ3v) is 3.43. The van der Waals surface area contributed by atoms with Gasteiger partial charge in [-0.25, -0.2) is 0 Å². The number of hydrogen-bond acceptors (Lipinski definition) is 3. The molecule has 1 aliphatic rings. The third kappa shape index (κ3) is 2.66. The number of nitrogens with zero attached hydrogens (tertiary/aromatic N) is 2. The molecule has 0 aliphatic carbocycles. The average Bonchev–Trinajstić information content (AvgIpc) is 2.81. The molecule has 1 saturated heterocycles. The number of rotatable bonds is 3. The zero-order valence-electron chi connectivity index (χ0n) is 10.5. The molecule has 1 aromatic rings. The molecule has 1 atom stereocenters. The van der Waals surface area contributed by atoms with Crippen molar-refractivity contribution in [3.05, 3.63) is 18.0 Å². The molecule has 2 heterocycles. The summed E-state index contributed by atoms with van der Waals surface area (Å²) >= 11 is 0. The van der Waals surface area contributed by atoms with Crippen molar-refractivity contribution < 1.29 is 4.79 Å². The van der Waals surface area contributed by atoms with Crippen molar-refractivity contribution in [3.63, 3.8) is 0 Å². The molecule has 94 valence electrons. The quantitative estimate of drug-likeness (QED) is 0.814. The van der Waals surface area contributed by atoms with E-state index in [1.54, 1.807) is 11.1 Å². The van der Waals surface area contributed by atoms with Gasteiger partial charge in [0.05, 0.1) is 11.6 Å². The zero-order chi connectivity index (χ0) is 12.3. The predicted molar refractivity (Wildman–Crippen MR) is 65.3 cm³/mol. The lowest BCUT2D eigenvalue weighted by molar-refractivity contribution is -0.141. The second-order valence-electron chi connectivity index (χ2n) is 5.11. The predicted octanol–water partition coefficient (Wildman–Crippen LogP) is 0.758. The maximum atomic E-state index is 12.4. The number of hydrogen-bond donors (Lipinski definition) is 2. The normalized spacial score (nSPS) is 24.6. The molecule has 0 radical (unpaired) electrons. The number of H-pyrrole nitrogens is 1. The van der Waals surface area contributed by atoms with Gasteiger partial charge >= 0.3 is 0 Å². The summed E-state index contributed by atoms with van der Waals surface area (Å²) in [5.74, 6) is 0.214. The fourth-order valence-electron chi connectivity index (χ4n) is 2.41. The van der Waals surface area contributed by atoms with Crippen molar-refractivity contribution >= 4 is 5.91 Å².